The van der Waals surface area contributed by atoms with E-state index in [2.05, 4.69) is 53.0 Å². The van der Waals surface area contributed by atoms with E-state index in [1.807, 2.05) is 13.0 Å². The highest BCUT2D eigenvalue weighted by atomic mass is 16.4. The van der Waals surface area contributed by atoms with Crippen molar-refractivity contribution in [1.82, 2.24) is 4.57 Å². The van der Waals surface area contributed by atoms with Crippen LogP contribution < -0.4 is 0 Å². The lowest BCUT2D eigenvalue weighted by Gasteiger charge is -2.05. The molecule has 0 radical (unpaired) electrons. The van der Waals surface area contributed by atoms with Crippen LogP contribution in [0.15, 0.2) is 47.6 Å². The summed E-state index contributed by atoms with van der Waals surface area (Å²) in [6.45, 7) is 5.01. The summed E-state index contributed by atoms with van der Waals surface area (Å²) < 4.78 is 2.36. The molecule has 0 aliphatic rings. The van der Waals surface area contributed by atoms with E-state index in [-0.39, 0.29) is 0 Å². The number of aromatic nitrogens is 1. The van der Waals surface area contributed by atoms with Crippen LogP contribution in [0.2, 0.25) is 0 Å². The highest BCUT2D eigenvalue weighted by Crippen LogP contribution is 2.30. The molecule has 0 bridgehead atoms. The Bertz CT molecular complexity index is 799. The minimum Gasteiger partial charge on any atom is -0.411 e. The monoisotopic (exact) mass is 266 g/mol. The lowest BCUT2D eigenvalue weighted by Crippen LogP contribution is -1.97. The second-order valence-corrected chi connectivity index (χ2v) is 5.09. The van der Waals surface area contributed by atoms with Gasteiger partial charge in [-0.2, -0.15) is 0 Å². The summed E-state index contributed by atoms with van der Waals surface area (Å²) >= 11 is 0. The topological polar surface area (TPSA) is 37.5 Å². The normalized spacial score (nSPS) is 12.4. The Kier molecular flexibility index (Phi) is 3.18. The van der Waals surface area contributed by atoms with Crippen LogP contribution >= 0.6 is 0 Å². The summed E-state index contributed by atoms with van der Waals surface area (Å²) in [5, 5.41) is 14.7. The van der Waals surface area contributed by atoms with Crippen molar-refractivity contribution < 1.29 is 5.21 Å². The molecule has 0 fully saturated rings. The highest BCUT2D eigenvalue weighted by Gasteiger charge is 2.10. The van der Waals surface area contributed by atoms with E-state index < -0.39 is 0 Å². The van der Waals surface area contributed by atoms with Gasteiger partial charge < -0.3 is 9.77 Å². The van der Waals surface area contributed by atoms with Crippen LogP contribution in [-0.2, 0) is 6.54 Å². The van der Waals surface area contributed by atoms with Crippen molar-refractivity contribution in [2.24, 2.45) is 5.16 Å². The molecule has 20 heavy (non-hydrogen) atoms. The summed E-state index contributed by atoms with van der Waals surface area (Å²) in [4.78, 5) is 0. The van der Waals surface area contributed by atoms with Gasteiger partial charge >= 0.3 is 0 Å². The van der Waals surface area contributed by atoms with Crippen molar-refractivity contribution in [2.45, 2.75) is 26.8 Å². The molecule has 0 aliphatic heterocycles. The lowest BCUT2D eigenvalue weighted by atomic mass is 10.1. The van der Waals surface area contributed by atoms with E-state index in [0.717, 1.165) is 18.5 Å². The fourth-order valence-corrected chi connectivity index (χ4v) is 2.80. The molecule has 3 heteroatoms. The Morgan fingerprint density at radius 2 is 1.85 bits per heavy atom. The summed E-state index contributed by atoms with van der Waals surface area (Å²) in [6.07, 6.45) is 1.10. The number of rotatable bonds is 3. The molecule has 3 rings (SSSR count). The van der Waals surface area contributed by atoms with Crippen LogP contribution in [0.3, 0.4) is 0 Å². The average molecular weight is 266 g/mol. The molecule has 0 amide bonds. The van der Waals surface area contributed by atoms with Gasteiger partial charge in [-0.3, -0.25) is 0 Å². The first-order valence-electron chi connectivity index (χ1n) is 6.96. The standard InChI is InChI=1S/C17H18N2O/c1-3-10-19-16-7-5-4-6-14(16)15-11-13(12(2)18-20)8-9-17(15)19/h4-9,11,20H,3,10H2,1-2H3. The predicted octanol–water partition coefficient (Wildman–Crippen LogP) is 4.40. The third-order valence-electron chi connectivity index (χ3n) is 3.79. The zero-order valence-corrected chi connectivity index (χ0v) is 11.8. The third-order valence-corrected chi connectivity index (χ3v) is 3.79. The molecule has 3 aromatic rings. The summed E-state index contributed by atoms with van der Waals surface area (Å²) in [5.41, 5.74) is 4.10. The van der Waals surface area contributed by atoms with E-state index in [4.69, 9.17) is 5.21 Å². The van der Waals surface area contributed by atoms with Crippen molar-refractivity contribution in [2.75, 3.05) is 0 Å². The zero-order valence-electron chi connectivity index (χ0n) is 11.8. The van der Waals surface area contributed by atoms with Crippen LogP contribution in [0, 0.1) is 0 Å². The van der Waals surface area contributed by atoms with Gasteiger partial charge in [-0.1, -0.05) is 36.3 Å². The quantitative estimate of drug-likeness (QED) is 0.426. The first-order valence-corrected chi connectivity index (χ1v) is 6.96. The molecule has 2 aromatic carbocycles. The minimum atomic E-state index is 0.638. The number of fused-ring (bicyclic) bond motifs is 3. The predicted molar refractivity (Wildman–Crippen MR) is 83.7 cm³/mol. The second kappa shape index (κ2) is 5.00. The maximum Gasteiger partial charge on any atom is 0.0837 e. The number of hydrogen-bond donors (Lipinski definition) is 1. The van der Waals surface area contributed by atoms with Gasteiger partial charge in [0.05, 0.1) is 5.71 Å². The highest BCUT2D eigenvalue weighted by molar-refractivity contribution is 6.11. The molecule has 3 nitrogen and oxygen atoms in total. The number of oxime groups is 1. The van der Waals surface area contributed by atoms with E-state index in [1.54, 1.807) is 0 Å². The van der Waals surface area contributed by atoms with Crippen LogP contribution in [0.25, 0.3) is 21.8 Å². The maximum atomic E-state index is 8.95. The Morgan fingerprint density at radius 3 is 2.60 bits per heavy atom. The van der Waals surface area contributed by atoms with Gasteiger partial charge in [0, 0.05) is 28.4 Å². The summed E-state index contributed by atoms with van der Waals surface area (Å²) in [5.74, 6) is 0. The van der Waals surface area contributed by atoms with Gasteiger partial charge in [0.25, 0.3) is 0 Å². The Labute approximate surface area is 118 Å². The van der Waals surface area contributed by atoms with Crippen LogP contribution in [0.5, 0.6) is 0 Å². The van der Waals surface area contributed by atoms with Gasteiger partial charge in [0.2, 0.25) is 0 Å². The molecule has 0 unspecified atom stereocenters. The van der Waals surface area contributed by atoms with Crippen LogP contribution in [-0.4, -0.2) is 15.5 Å². The minimum absolute atomic E-state index is 0.638. The van der Waals surface area contributed by atoms with Crippen molar-refractivity contribution in [3.63, 3.8) is 0 Å². The SMILES string of the molecule is CCCn1c2ccccc2c2cc(C(C)=NO)ccc21. The average Bonchev–Trinajstić information content (AvgIpc) is 2.81. The maximum absolute atomic E-state index is 8.95. The first kappa shape index (κ1) is 12.7. The molecule has 0 atom stereocenters. The van der Waals surface area contributed by atoms with Gasteiger partial charge in [-0.15, -0.1) is 0 Å². The molecule has 0 saturated carbocycles. The molecule has 0 spiro atoms. The number of hydrogen-bond acceptors (Lipinski definition) is 2. The van der Waals surface area contributed by atoms with Gasteiger partial charge in [-0.25, -0.2) is 0 Å². The second-order valence-electron chi connectivity index (χ2n) is 5.09. The van der Waals surface area contributed by atoms with Gasteiger partial charge in [-0.05, 0) is 37.1 Å². The number of aryl methyl sites for hydroxylation is 1. The Hall–Kier alpha value is -2.29. The van der Waals surface area contributed by atoms with E-state index >= 15 is 0 Å². The largest absolute Gasteiger partial charge is 0.411 e. The van der Waals surface area contributed by atoms with Crippen LogP contribution in [0.1, 0.15) is 25.8 Å². The van der Waals surface area contributed by atoms with Crippen molar-refractivity contribution in [1.29, 1.82) is 0 Å². The summed E-state index contributed by atoms with van der Waals surface area (Å²) in [7, 11) is 0. The van der Waals surface area contributed by atoms with Crippen molar-refractivity contribution in [3.05, 3.63) is 48.0 Å². The van der Waals surface area contributed by atoms with E-state index in [1.165, 1.54) is 21.8 Å². The smallest absolute Gasteiger partial charge is 0.0837 e. The van der Waals surface area contributed by atoms with Gasteiger partial charge in [0.15, 0.2) is 0 Å². The zero-order chi connectivity index (χ0) is 14.1. The fraction of sp³-hybridized carbons (Fsp3) is 0.235. The molecule has 1 aromatic heterocycles. The van der Waals surface area contributed by atoms with E-state index in [0.29, 0.717) is 5.71 Å². The lowest BCUT2D eigenvalue weighted by molar-refractivity contribution is 0.319. The molecule has 1 N–H and O–H groups in total. The fourth-order valence-electron chi connectivity index (χ4n) is 2.80. The first-order chi connectivity index (χ1) is 9.76. The Morgan fingerprint density at radius 1 is 1.10 bits per heavy atom. The summed E-state index contributed by atoms with van der Waals surface area (Å²) in [6, 6.07) is 14.7. The molecule has 0 aliphatic carbocycles. The number of nitrogens with zero attached hydrogens (tertiary/aromatic N) is 2. The van der Waals surface area contributed by atoms with Gasteiger partial charge in [0.1, 0.15) is 0 Å². The molecule has 0 saturated heterocycles. The Balaban J connectivity index is 2.37. The molecular formula is C17H18N2O. The van der Waals surface area contributed by atoms with Crippen molar-refractivity contribution >= 4 is 27.5 Å². The molecule has 102 valence electrons. The molecule has 1 heterocycles. The number of benzene rings is 2. The van der Waals surface area contributed by atoms with Crippen LogP contribution in [0.4, 0.5) is 0 Å². The van der Waals surface area contributed by atoms with Crippen molar-refractivity contribution in [3.8, 4) is 0 Å². The third kappa shape index (κ3) is 1.86. The van der Waals surface area contributed by atoms with E-state index in [9.17, 15) is 0 Å². The molecular weight excluding hydrogens is 248 g/mol. The number of para-hydroxylation sites is 1.